The van der Waals surface area contributed by atoms with Crippen LogP contribution in [0.3, 0.4) is 0 Å². The lowest BCUT2D eigenvalue weighted by molar-refractivity contribution is -0.159. The molecule has 0 amide bonds. The van der Waals surface area contributed by atoms with Crippen molar-refractivity contribution in [1.29, 1.82) is 0 Å². The highest BCUT2D eigenvalue weighted by molar-refractivity contribution is 9.10. The third-order valence-corrected chi connectivity index (χ3v) is 9.27. The molecule has 7 nitrogen and oxygen atoms in total. The van der Waals surface area contributed by atoms with Crippen LogP contribution in [0.25, 0.3) is 5.57 Å². The number of para-hydroxylation sites is 1. The summed E-state index contributed by atoms with van der Waals surface area (Å²) in [7, 11) is -1.40. The van der Waals surface area contributed by atoms with Crippen molar-refractivity contribution < 1.29 is 24.2 Å². The molecule has 37 heavy (non-hydrogen) atoms. The van der Waals surface area contributed by atoms with Crippen LogP contribution in [0.15, 0.2) is 52.6 Å². The Hall–Kier alpha value is -2.78. The molecule has 0 radical (unpaired) electrons. The maximum absolute atomic E-state index is 13.5. The van der Waals surface area contributed by atoms with Gasteiger partial charge in [0.2, 0.25) is 0 Å². The molecule has 0 saturated carbocycles. The van der Waals surface area contributed by atoms with Gasteiger partial charge in [0.25, 0.3) is 0 Å². The highest BCUT2D eigenvalue weighted by Crippen LogP contribution is 2.55. The first-order chi connectivity index (χ1) is 17.6. The molecule has 2 bridgehead atoms. The van der Waals surface area contributed by atoms with E-state index in [-0.39, 0.29) is 24.2 Å². The van der Waals surface area contributed by atoms with Crippen LogP contribution in [0.5, 0.6) is 5.75 Å². The van der Waals surface area contributed by atoms with Gasteiger partial charge in [-0.1, -0.05) is 44.8 Å². The van der Waals surface area contributed by atoms with E-state index in [0.29, 0.717) is 25.0 Å². The number of anilines is 1. The molecule has 0 heterocycles. The van der Waals surface area contributed by atoms with Crippen molar-refractivity contribution >= 4 is 47.2 Å². The fourth-order valence-corrected chi connectivity index (χ4v) is 6.12. The molecule has 3 N–H and O–H groups in total. The third kappa shape index (κ3) is 6.04. The molecule has 0 aliphatic heterocycles. The van der Waals surface area contributed by atoms with E-state index in [1.54, 1.807) is 12.1 Å². The number of halogens is 1. The van der Waals surface area contributed by atoms with Crippen molar-refractivity contribution in [2.24, 2.45) is 11.8 Å². The zero-order valence-corrected chi connectivity index (χ0v) is 24.4. The molecular formula is C28H35BrN2O5Si. The lowest BCUT2D eigenvalue weighted by Crippen LogP contribution is -2.46. The topological polar surface area (TPSA) is 96.9 Å². The van der Waals surface area contributed by atoms with Gasteiger partial charge in [-0.15, -0.1) is 0 Å². The summed E-state index contributed by atoms with van der Waals surface area (Å²) < 4.78 is 12.3. The zero-order chi connectivity index (χ0) is 26.7. The normalized spacial score (nSPS) is 20.3. The van der Waals surface area contributed by atoms with Gasteiger partial charge in [0, 0.05) is 24.2 Å². The second-order valence-electron chi connectivity index (χ2n) is 10.9. The summed E-state index contributed by atoms with van der Waals surface area (Å²) in [5, 5.41) is 10.3. The van der Waals surface area contributed by atoms with E-state index in [2.05, 4.69) is 46.4 Å². The maximum atomic E-state index is 13.5. The highest BCUT2D eigenvalue weighted by Gasteiger charge is 2.53. The summed E-state index contributed by atoms with van der Waals surface area (Å²) in [6, 6.07) is 13.7. The average Bonchev–Trinajstić information content (AvgIpc) is 2.85. The monoisotopic (exact) mass is 586 g/mol. The molecule has 9 heteroatoms. The van der Waals surface area contributed by atoms with Crippen molar-refractivity contribution in [3.05, 3.63) is 63.8 Å². The van der Waals surface area contributed by atoms with Crippen LogP contribution in [-0.4, -0.2) is 38.3 Å². The van der Waals surface area contributed by atoms with Gasteiger partial charge in [-0.25, -0.2) is 0 Å². The molecule has 0 saturated heterocycles. The van der Waals surface area contributed by atoms with Crippen LogP contribution < -0.4 is 10.9 Å². The van der Waals surface area contributed by atoms with E-state index < -0.39 is 25.9 Å². The molecule has 3 atom stereocenters. The SMILES string of the molecule is CCCOC(=O)C1C2=C(NNc3ccccc3Br)CC(c3ccc(O)cc32)C1C(=O)OCC[Si](C)(C)C. The van der Waals surface area contributed by atoms with Gasteiger partial charge < -0.3 is 25.4 Å². The minimum atomic E-state index is -1.40. The summed E-state index contributed by atoms with van der Waals surface area (Å²) >= 11 is 3.54. The maximum Gasteiger partial charge on any atom is 0.314 e. The summed E-state index contributed by atoms with van der Waals surface area (Å²) in [5.41, 5.74) is 10.5. The van der Waals surface area contributed by atoms with E-state index in [0.717, 1.165) is 33.0 Å². The number of carbonyl (C=O) groups is 2. The molecule has 198 valence electrons. The Kier molecular flexibility index (Phi) is 8.33. The zero-order valence-electron chi connectivity index (χ0n) is 21.8. The molecule has 0 aromatic heterocycles. The van der Waals surface area contributed by atoms with Crippen LogP contribution in [0, 0.1) is 11.8 Å². The first-order valence-electron chi connectivity index (χ1n) is 12.8. The van der Waals surface area contributed by atoms with Gasteiger partial charge in [0.1, 0.15) is 5.75 Å². The van der Waals surface area contributed by atoms with Gasteiger partial charge in [-0.3, -0.25) is 9.59 Å². The smallest absolute Gasteiger partial charge is 0.314 e. The van der Waals surface area contributed by atoms with E-state index >= 15 is 0 Å². The molecule has 5 rings (SSSR count). The third-order valence-electron chi connectivity index (χ3n) is 6.87. The Bertz CT molecular complexity index is 1210. The van der Waals surface area contributed by atoms with Gasteiger partial charge in [-0.05, 0) is 75.8 Å². The van der Waals surface area contributed by atoms with Crippen molar-refractivity contribution in [2.75, 3.05) is 18.6 Å². The first-order valence-corrected chi connectivity index (χ1v) is 17.3. The predicted molar refractivity (Wildman–Crippen MR) is 151 cm³/mol. The number of hydrogen-bond acceptors (Lipinski definition) is 7. The fourth-order valence-electron chi connectivity index (χ4n) is 5.03. The number of aromatic hydroxyl groups is 1. The van der Waals surface area contributed by atoms with Gasteiger partial charge in [0.15, 0.2) is 0 Å². The molecular weight excluding hydrogens is 552 g/mol. The minimum Gasteiger partial charge on any atom is -0.508 e. The van der Waals surface area contributed by atoms with Crippen LogP contribution in [0.1, 0.15) is 36.8 Å². The fraction of sp³-hybridized carbons (Fsp3) is 0.429. The lowest BCUT2D eigenvalue weighted by Gasteiger charge is -2.44. The first kappa shape index (κ1) is 27.3. The van der Waals surface area contributed by atoms with Gasteiger partial charge >= 0.3 is 11.9 Å². The Morgan fingerprint density at radius 1 is 1.05 bits per heavy atom. The quantitative estimate of drug-likeness (QED) is 0.177. The summed E-state index contributed by atoms with van der Waals surface area (Å²) in [4.78, 5) is 27.0. The number of ether oxygens (including phenoxy) is 2. The molecule has 2 aromatic carbocycles. The summed E-state index contributed by atoms with van der Waals surface area (Å²) in [5.74, 6) is -2.52. The molecule has 3 unspecified atom stereocenters. The number of phenols is 1. The molecule has 0 spiro atoms. The second-order valence-corrected chi connectivity index (χ2v) is 17.3. The number of esters is 2. The number of phenolic OH excluding ortho intramolecular Hbond substituents is 1. The molecule has 3 aliphatic rings. The number of benzene rings is 2. The Labute approximate surface area is 227 Å². The molecule has 0 fully saturated rings. The van der Waals surface area contributed by atoms with Crippen LogP contribution in [0.4, 0.5) is 5.69 Å². The molecule has 2 aromatic rings. The average molecular weight is 588 g/mol. The summed E-state index contributed by atoms with van der Waals surface area (Å²) in [6.07, 6.45) is 1.20. The largest absolute Gasteiger partial charge is 0.508 e. The minimum absolute atomic E-state index is 0.104. The molecule has 3 aliphatic carbocycles. The van der Waals surface area contributed by atoms with E-state index in [4.69, 9.17) is 9.47 Å². The Balaban J connectivity index is 1.74. The number of allylic oxidation sites excluding steroid dienone is 1. The van der Waals surface area contributed by atoms with Crippen molar-refractivity contribution in [3.8, 4) is 5.75 Å². The van der Waals surface area contributed by atoms with Crippen molar-refractivity contribution in [3.63, 3.8) is 0 Å². The lowest BCUT2D eigenvalue weighted by atomic mass is 9.60. The second kappa shape index (κ2) is 11.3. The number of fused-ring (bicyclic) bond motifs is 2. The van der Waals surface area contributed by atoms with Crippen LogP contribution in [-0.2, 0) is 19.1 Å². The van der Waals surface area contributed by atoms with Gasteiger partial charge in [0.05, 0.1) is 30.7 Å². The standard InChI is InChI=1S/C28H35BrN2O5Si/c1-5-12-35-28(34)26-24-19-15-17(32)10-11-18(19)20(25(26)27(33)36-13-14-37(2,3)4)16-23(24)31-30-22-9-7-6-8-21(22)29/h6-11,15,20,25-26,30-32H,5,12-14,16H2,1-4H3. The number of rotatable bonds is 10. The number of nitrogens with one attached hydrogen (secondary N) is 2. The van der Waals surface area contributed by atoms with E-state index in [1.165, 1.54) is 0 Å². The Morgan fingerprint density at radius 2 is 1.78 bits per heavy atom. The number of hydrogen-bond donors (Lipinski definition) is 3. The highest BCUT2D eigenvalue weighted by atomic mass is 79.9. The number of hydrazine groups is 1. The summed E-state index contributed by atoms with van der Waals surface area (Å²) in [6.45, 7) is 9.26. The van der Waals surface area contributed by atoms with Crippen molar-refractivity contribution in [1.82, 2.24) is 5.43 Å². The van der Waals surface area contributed by atoms with Crippen LogP contribution >= 0.6 is 15.9 Å². The number of carbonyl (C=O) groups excluding carboxylic acids is 2. The van der Waals surface area contributed by atoms with E-state index in [1.807, 2.05) is 37.3 Å². The van der Waals surface area contributed by atoms with E-state index in [9.17, 15) is 14.7 Å². The van der Waals surface area contributed by atoms with Crippen molar-refractivity contribution in [2.45, 2.75) is 51.4 Å². The van der Waals surface area contributed by atoms with Crippen LogP contribution in [0.2, 0.25) is 25.7 Å². The Morgan fingerprint density at radius 3 is 2.49 bits per heavy atom. The predicted octanol–water partition coefficient (Wildman–Crippen LogP) is 6.05. The van der Waals surface area contributed by atoms with Gasteiger partial charge in [-0.2, -0.15) is 0 Å².